The minimum absolute atomic E-state index is 0.527. The molecule has 0 bridgehead atoms. The third kappa shape index (κ3) is 5.58. The molecule has 0 saturated carbocycles. The molecule has 0 N–H and O–H groups in total. The molecule has 2 aromatic rings. The van der Waals surface area contributed by atoms with Crippen LogP contribution < -0.4 is 0 Å². The van der Waals surface area contributed by atoms with Crippen LogP contribution in [0.15, 0.2) is 34.9 Å². The van der Waals surface area contributed by atoms with Crippen molar-refractivity contribution in [3.05, 3.63) is 47.6 Å². The molecule has 1 aromatic heterocycles. The van der Waals surface area contributed by atoms with Crippen molar-refractivity contribution in [3.8, 4) is 0 Å². The van der Waals surface area contributed by atoms with Crippen molar-refractivity contribution in [3.63, 3.8) is 0 Å². The molecule has 1 heterocycles. The Morgan fingerprint density at radius 1 is 1.18 bits per heavy atom. The zero-order valence-electron chi connectivity index (χ0n) is 13.7. The second-order valence-electron chi connectivity index (χ2n) is 5.89. The van der Waals surface area contributed by atoms with Crippen LogP contribution in [0.3, 0.4) is 0 Å². The molecule has 0 aliphatic rings. The molecule has 0 fully saturated rings. The van der Waals surface area contributed by atoms with Gasteiger partial charge >= 0.3 is 0 Å². The van der Waals surface area contributed by atoms with Gasteiger partial charge in [0.25, 0.3) is 0 Å². The maximum Gasteiger partial charge on any atom is 0.240 e. The number of hydrogen-bond acceptors (Lipinski definition) is 5. The normalized spacial score (nSPS) is 11.5. The first-order valence-corrected chi connectivity index (χ1v) is 7.74. The van der Waals surface area contributed by atoms with E-state index >= 15 is 0 Å². The lowest BCUT2D eigenvalue weighted by Gasteiger charge is -2.20. The average molecular weight is 303 g/mol. The Hall–Kier alpha value is -1.72. The minimum atomic E-state index is 0.527. The molecule has 5 nitrogen and oxygen atoms in total. The Bertz CT molecular complexity index is 540. The van der Waals surface area contributed by atoms with Crippen LogP contribution in [0.5, 0.6) is 0 Å². The van der Waals surface area contributed by atoms with E-state index in [1.54, 1.807) is 7.11 Å². The molecule has 0 saturated heterocycles. The Morgan fingerprint density at radius 3 is 2.64 bits per heavy atom. The first-order chi connectivity index (χ1) is 10.7. The Morgan fingerprint density at radius 2 is 1.95 bits per heavy atom. The first-order valence-electron chi connectivity index (χ1n) is 7.74. The van der Waals surface area contributed by atoms with E-state index < -0.39 is 0 Å². The molecule has 22 heavy (non-hydrogen) atoms. The third-order valence-corrected chi connectivity index (χ3v) is 3.32. The van der Waals surface area contributed by atoms with Gasteiger partial charge in [0.15, 0.2) is 5.82 Å². The van der Waals surface area contributed by atoms with Crippen molar-refractivity contribution in [2.75, 3.05) is 20.3 Å². The molecule has 0 aliphatic carbocycles. The van der Waals surface area contributed by atoms with Crippen molar-refractivity contribution in [1.29, 1.82) is 0 Å². The number of aromatic nitrogens is 2. The quantitative estimate of drug-likeness (QED) is 0.713. The van der Waals surface area contributed by atoms with Crippen molar-refractivity contribution >= 4 is 0 Å². The molecule has 2 rings (SSSR count). The Balaban J connectivity index is 1.98. The number of nitrogens with zero attached hydrogens (tertiary/aromatic N) is 3. The Labute approximate surface area is 132 Å². The molecule has 1 aromatic carbocycles. The fraction of sp³-hybridized carbons (Fsp3) is 0.529. The topological polar surface area (TPSA) is 51.4 Å². The second kappa shape index (κ2) is 8.66. The van der Waals surface area contributed by atoms with Gasteiger partial charge < -0.3 is 9.26 Å². The summed E-state index contributed by atoms with van der Waals surface area (Å²) in [5.41, 5.74) is 1.26. The highest BCUT2D eigenvalue weighted by molar-refractivity contribution is 5.14. The molecule has 0 aliphatic heterocycles. The molecule has 120 valence electrons. The van der Waals surface area contributed by atoms with Crippen LogP contribution >= 0.6 is 0 Å². The van der Waals surface area contributed by atoms with Gasteiger partial charge in [0.1, 0.15) is 0 Å². The molecule has 0 radical (unpaired) electrons. The average Bonchev–Trinajstić information content (AvgIpc) is 2.92. The van der Waals surface area contributed by atoms with Crippen LogP contribution in [0.25, 0.3) is 0 Å². The number of methoxy groups -OCH3 is 1. The molecular formula is C17H25N3O2. The van der Waals surface area contributed by atoms with E-state index in [1.807, 2.05) is 6.07 Å². The number of ether oxygens (including phenoxy) is 1. The predicted octanol–water partition coefficient (Wildman–Crippen LogP) is 2.92. The van der Waals surface area contributed by atoms with E-state index in [2.05, 4.69) is 53.2 Å². The van der Waals surface area contributed by atoms with Gasteiger partial charge in [-0.15, -0.1) is 0 Å². The smallest absolute Gasteiger partial charge is 0.240 e. The van der Waals surface area contributed by atoms with Crippen molar-refractivity contribution < 1.29 is 9.26 Å². The van der Waals surface area contributed by atoms with Crippen LogP contribution in [0, 0.1) is 5.92 Å². The summed E-state index contributed by atoms with van der Waals surface area (Å²) < 4.78 is 10.6. The summed E-state index contributed by atoms with van der Waals surface area (Å²) in [6, 6.07) is 10.4. The zero-order valence-corrected chi connectivity index (χ0v) is 13.7. The molecule has 5 heteroatoms. The van der Waals surface area contributed by atoms with Crippen LogP contribution in [0.1, 0.15) is 31.1 Å². The van der Waals surface area contributed by atoms with Gasteiger partial charge in [-0.25, -0.2) is 0 Å². The van der Waals surface area contributed by atoms with Gasteiger partial charge in [-0.2, -0.15) is 4.98 Å². The third-order valence-electron chi connectivity index (χ3n) is 3.32. The lowest BCUT2D eigenvalue weighted by atomic mass is 10.1. The van der Waals surface area contributed by atoms with Gasteiger partial charge in [-0.05, 0) is 11.5 Å². The highest BCUT2D eigenvalue weighted by atomic mass is 16.5. The van der Waals surface area contributed by atoms with Gasteiger partial charge in [-0.3, -0.25) is 4.90 Å². The number of hydrogen-bond donors (Lipinski definition) is 0. The second-order valence-corrected chi connectivity index (χ2v) is 5.89. The zero-order chi connectivity index (χ0) is 15.8. The van der Waals surface area contributed by atoms with Gasteiger partial charge in [-0.1, -0.05) is 49.3 Å². The monoisotopic (exact) mass is 303 g/mol. The summed E-state index contributed by atoms with van der Waals surface area (Å²) in [5, 5.41) is 4.05. The van der Waals surface area contributed by atoms with Crippen molar-refractivity contribution in [1.82, 2.24) is 15.0 Å². The van der Waals surface area contributed by atoms with Crippen LogP contribution in [0.4, 0.5) is 0 Å². The van der Waals surface area contributed by atoms with E-state index in [4.69, 9.17) is 9.26 Å². The van der Waals surface area contributed by atoms with Gasteiger partial charge in [0.05, 0.1) is 13.2 Å². The largest absolute Gasteiger partial charge is 0.383 e. The van der Waals surface area contributed by atoms with E-state index in [0.717, 1.165) is 25.3 Å². The predicted molar refractivity (Wildman–Crippen MR) is 85.3 cm³/mol. The summed E-state index contributed by atoms with van der Waals surface area (Å²) in [5.74, 6) is 1.98. The lowest BCUT2D eigenvalue weighted by molar-refractivity contribution is 0.131. The van der Waals surface area contributed by atoms with E-state index in [-0.39, 0.29) is 0 Å². The highest BCUT2D eigenvalue weighted by Crippen LogP contribution is 2.10. The summed E-state index contributed by atoms with van der Waals surface area (Å²) in [6.45, 7) is 7.29. The maximum absolute atomic E-state index is 5.37. The molecule has 0 amide bonds. The summed E-state index contributed by atoms with van der Waals surface area (Å²) in [4.78, 5) is 6.74. The van der Waals surface area contributed by atoms with Crippen LogP contribution in [0.2, 0.25) is 0 Å². The maximum atomic E-state index is 5.37. The Kier molecular flexibility index (Phi) is 6.55. The van der Waals surface area contributed by atoms with Crippen LogP contribution in [-0.2, 0) is 24.2 Å². The van der Waals surface area contributed by atoms with E-state index in [1.165, 1.54) is 5.56 Å². The van der Waals surface area contributed by atoms with E-state index in [9.17, 15) is 0 Å². The van der Waals surface area contributed by atoms with E-state index in [0.29, 0.717) is 25.0 Å². The highest BCUT2D eigenvalue weighted by Gasteiger charge is 2.13. The standard InChI is InChI=1S/C17H25N3O2/c1-14(2)11-16-18-17(22-19-16)13-20(9-10-21-3)12-15-7-5-4-6-8-15/h4-8,14H,9-13H2,1-3H3. The van der Waals surface area contributed by atoms with Crippen LogP contribution in [-0.4, -0.2) is 35.3 Å². The number of rotatable bonds is 9. The van der Waals surface area contributed by atoms with Gasteiger partial charge in [0, 0.05) is 26.6 Å². The molecule has 0 atom stereocenters. The first kappa shape index (κ1) is 16.6. The summed E-state index contributed by atoms with van der Waals surface area (Å²) in [6.07, 6.45) is 0.847. The molecule has 0 unspecified atom stereocenters. The molecular weight excluding hydrogens is 278 g/mol. The fourth-order valence-electron chi connectivity index (χ4n) is 2.27. The summed E-state index contributed by atoms with van der Waals surface area (Å²) in [7, 11) is 1.72. The SMILES string of the molecule is COCCN(Cc1ccccc1)Cc1nc(CC(C)C)no1. The molecule has 0 spiro atoms. The lowest BCUT2D eigenvalue weighted by Crippen LogP contribution is -2.26. The van der Waals surface area contributed by atoms with Gasteiger partial charge in [0.2, 0.25) is 5.89 Å². The minimum Gasteiger partial charge on any atom is -0.383 e. The van der Waals surface area contributed by atoms with Crippen molar-refractivity contribution in [2.45, 2.75) is 33.4 Å². The van der Waals surface area contributed by atoms with Crippen molar-refractivity contribution in [2.24, 2.45) is 5.92 Å². The number of benzene rings is 1. The summed E-state index contributed by atoms with van der Waals surface area (Å²) >= 11 is 0. The fourth-order valence-corrected chi connectivity index (χ4v) is 2.27.